The van der Waals surface area contributed by atoms with Crippen LogP contribution in [-0.4, -0.2) is 49.5 Å². The van der Waals surface area contributed by atoms with Crippen LogP contribution in [0, 0.1) is 0 Å². The quantitative estimate of drug-likeness (QED) is 0.605. The Morgan fingerprint density at radius 3 is 2.48 bits per heavy atom. The van der Waals surface area contributed by atoms with E-state index in [1.54, 1.807) is 56.5 Å². The van der Waals surface area contributed by atoms with Gasteiger partial charge in [0.05, 0.1) is 25.7 Å². The number of hydrogen-bond acceptors (Lipinski definition) is 7. The lowest BCUT2D eigenvalue weighted by Gasteiger charge is -2.18. The molecule has 33 heavy (non-hydrogen) atoms. The van der Waals surface area contributed by atoms with Gasteiger partial charge >= 0.3 is 6.03 Å². The molecule has 172 valence electrons. The molecule has 0 unspecified atom stereocenters. The number of carbonyl (C=O) groups is 3. The molecule has 0 aliphatic carbocycles. The van der Waals surface area contributed by atoms with Crippen molar-refractivity contribution in [2.75, 3.05) is 31.4 Å². The number of anilines is 1. The lowest BCUT2D eigenvalue weighted by atomic mass is 10.2. The van der Waals surface area contributed by atoms with Gasteiger partial charge in [0, 0.05) is 12.6 Å². The molecule has 0 bridgehead atoms. The van der Waals surface area contributed by atoms with Crippen molar-refractivity contribution in [3.63, 3.8) is 0 Å². The molecule has 0 saturated carbocycles. The number of benzene rings is 2. The van der Waals surface area contributed by atoms with Crippen molar-refractivity contribution < 1.29 is 23.9 Å². The Hall–Kier alpha value is -3.79. The first-order valence-corrected chi connectivity index (χ1v) is 11.1. The van der Waals surface area contributed by atoms with Gasteiger partial charge < -0.3 is 14.8 Å². The van der Waals surface area contributed by atoms with Crippen molar-refractivity contribution >= 4 is 46.5 Å². The van der Waals surface area contributed by atoms with Gasteiger partial charge in [0.2, 0.25) is 5.91 Å². The highest BCUT2D eigenvalue weighted by Crippen LogP contribution is 2.31. The average Bonchev–Trinajstić information content (AvgIpc) is 3.13. The van der Waals surface area contributed by atoms with Gasteiger partial charge in [-0.25, -0.2) is 9.79 Å². The second kappa shape index (κ2) is 11.2. The molecule has 9 nitrogen and oxygen atoms in total. The number of urea groups is 1. The van der Waals surface area contributed by atoms with Crippen LogP contribution in [0.4, 0.5) is 10.5 Å². The molecule has 0 saturated heterocycles. The number of thioether (sulfide) groups is 1. The van der Waals surface area contributed by atoms with Crippen LogP contribution in [0.25, 0.3) is 6.08 Å². The Morgan fingerprint density at radius 2 is 1.82 bits per heavy atom. The predicted molar refractivity (Wildman–Crippen MR) is 129 cm³/mol. The SMILES string of the molecule is CCNC(=O)NC(=O)CSC1=N/C(=C\c2ccc(OC)cc2)C(=O)N1c1cccc(OC)c1. The molecular formula is C23H24N4O5S. The Morgan fingerprint density at radius 1 is 1.09 bits per heavy atom. The summed E-state index contributed by atoms with van der Waals surface area (Å²) >= 11 is 1.05. The van der Waals surface area contributed by atoms with Crippen LogP contribution in [-0.2, 0) is 9.59 Å². The lowest BCUT2D eigenvalue weighted by Crippen LogP contribution is -2.40. The van der Waals surface area contributed by atoms with E-state index >= 15 is 0 Å². The molecule has 1 aliphatic rings. The van der Waals surface area contributed by atoms with Gasteiger partial charge in [-0.2, -0.15) is 0 Å². The number of hydrogen-bond donors (Lipinski definition) is 2. The maximum absolute atomic E-state index is 13.3. The Kier molecular flexibility index (Phi) is 8.09. The van der Waals surface area contributed by atoms with Crippen LogP contribution in [0.3, 0.4) is 0 Å². The zero-order chi connectivity index (χ0) is 23.8. The third-order valence-electron chi connectivity index (χ3n) is 4.48. The van der Waals surface area contributed by atoms with E-state index in [0.717, 1.165) is 17.3 Å². The van der Waals surface area contributed by atoms with E-state index in [1.165, 1.54) is 12.0 Å². The van der Waals surface area contributed by atoms with Crippen molar-refractivity contribution in [2.45, 2.75) is 6.92 Å². The highest BCUT2D eigenvalue weighted by Gasteiger charge is 2.32. The number of carbonyl (C=O) groups excluding carboxylic acids is 3. The average molecular weight is 469 g/mol. The van der Waals surface area contributed by atoms with Crippen molar-refractivity contribution in [3.8, 4) is 11.5 Å². The van der Waals surface area contributed by atoms with Crippen LogP contribution in [0.15, 0.2) is 59.2 Å². The molecule has 0 atom stereocenters. The maximum Gasteiger partial charge on any atom is 0.321 e. The fourth-order valence-electron chi connectivity index (χ4n) is 2.93. The molecule has 2 aromatic carbocycles. The number of ether oxygens (including phenoxy) is 2. The number of imide groups is 1. The van der Waals surface area contributed by atoms with Crippen LogP contribution >= 0.6 is 11.8 Å². The smallest absolute Gasteiger partial charge is 0.321 e. The number of nitrogens with zero attached hydrogens (tertiary/aromatic N) is 2. The molecule has 1 aliphatic heterocycles. The van der Waals surface area contributed by atoms with Gasteiger partial charge in [-0.3, -0.25) is 19.8 Å². The van der Waals surface area contributed by atoms with E-state index in [1.807, 2.05) is 12.1 Å². The summed E-state index contributed by atoms with van der Waals surface area (Å²) in [6.45, 7) is 2.15. The molecule has 0 aromatic heterocycles. The van der Waals surface area contributed by atoms with E-state index in [9.17, 15) is 14.4 Å². The van der Waals surface area contributed by atoms with E-state index < -0.39 is 11.9 Å². The second-order valence-corrected chi connectivity index (χ2v) is 7.68. The molecular weight excluding hydrogens is 444 g/mol. The summed E-state index contributed by atoms with van der Waals surface area (Å²) < 4.78 is 10.4. The summed E-state index contributed by atoms with van der Waals surface area (Å²) in [6, 6.07) is 13.6. The first kappa shape index (κ1) is 23.9. The molecule has 0 spiro atoms. The minimum absolute atomic E-state index is 0.0977. The van der Waals surface area contributed by atoms with Crippen molar-refractivity contribution in [2.24, 2.45) is 4.99 Å². The summed E-state index contributed by atoms with van der Waals surface area (Å²) in [5, 5.41) is 5.05. The van der Waals surface area contributed by atoms with Gasteiger partial charge in [-0.15, -0.1) is 0 Å². The minimum Gasteiger partial charge on any atom is -0.497 e. The number of amidine groups is 1. The van der Waals surface area contributed by atoms with Crippen molar-refractivity contribution in [1.82, 2.24) is 10.6 Å². The van der Waals surface area contributed by atoms with Gasteiger partial charge in [0.25, 0.3) is 5.91 Å². The summed E-state index contributed by atoms with van der Waals surface area (Å²) in [5.41, 5.74) is 1.54. The monoisotopic (exact) mass is 468 g/mol. The number of rotatable bonds is 7. The maximum atomic E-state index is 13.3. The molecule has 0 radical (unpaired) electrons. The summed E-state index contributed by atoms with van der Waals surface area (Å²) in [5.74, 6) is 0.335. The first-order chi connectivity index (χ1) is 15.9. The highest BCUT2D eigenvalue weighted by atomic mass is 32.2. The standard InChI is InChI=1S/C23H24N4O5S/c1-4-24-22(30)26-20(28)14-33-23-25-19(12-15-8-10-17(31-2)11-9-15)21(29)27(23)16-6-5-7-18(13-16)32-3/h5-13H,4,14H2,1-3H3,(H2,24,26,28,30)/b19-12-. The van der Waals surface area contributed by atoms with Crippen LogP contribution in [0.2, 0.25) is 0 Å². The Labute approximate surface area is 195 Å². The van der Waals surface area contributed by atoms with Crippen LogP contribution < -0.4 is 25.0 Å². The van der Waals surface area contributed by atoms with E-state index in [2.05, 4.69) is 15.6 Å². The summed E-state index contributed by atoms with van der Waals surface area (Å²) in [4.78, 5) is 42.9. The van der Waals surface area contributed by atoms with E-state index in [4.69, 9.17) is 9.47 Å². The van der Waals surface area contributed by atoms with Gasteiger partial charge in [-0.1, -0.05) is 30.0 Å². The fourth-order valence-corrected chi connectivity index (χ4v) is 3.74. The zero-order valence-corrected chi connectivity index (χ0v) is 19.3. The van der Waals surface area contributed by atoms with E-state index in [0.29, 0.717) is 28.9 Å². The molecule has 1 heterocycles. The molecule has 2 aromatic rings. The number of amides is 4. The Balaban J connectivity index is 1.87. The second-order valence-electron chi connectivity index (χ2n) is 6.74. The normalized spacial score (nSPS) is 14.2. The highest BCUT2D eigenvalue weighted by molar-refractivity contribution is 8.14. The number of nitrogens with one attached hydrogen (secondary N) is 2. The third-order valence-corrected chi connectivity index (χ3v) is 5.42. The lowest BCUT2D eigenvalue weighted by molar-refractivity contribution is -0.117. The molecule has 4 amide bonds. The zero-order valence-electron chi connectivity index (χ0n) is 18.5. The largest absolute Gasteiger partial charge is 0.497 e. The van der Waals surface area contributed by atoms with Crippen LogP contribution in [0.5, 0.6) is 11.5 Å². The molecule has 2 N–H and O–H groups in total. The molecule has 3 rings (SSSR count). The summed E-state index contributed by atoms with van der Waals surface area (Å²) in [7, 11) is 3.12. The fraction of sp³-hybridized carbons (Fsp3) is 0.217. The Bertz CT molecular complexity index is 1100. The van der Waals surface area contributed by atoms with Gasteiger partial charge in [-0.05, 0) is 42.8 Å². The van der Waals surface area contributed by atoms with Gasteiger partial charge in [0.15, 0.2) is 5.17 Å². The van der Waals surface area contributed by atoms with Crippen molar-refractivity contribution in [1.29, 1.82) is 0 Å². The number of methoxy groups -OCH3 is 2. The third kappa shape index (κ3) is 6.13. The number of aliphatic imine (C=N–C) groups is 1. The topological polar surface area (TPSA) is 109 Å². The first-order valence-electron chi connectivity index (χ1n) is 10.1. The van der Waals surface area contributed by atoms with Gasteiger partial charge in [0.1, 0.15) is 17.2 Å². The predicted octanol–water partition coefficient (Wildman–Crippen LogP) is 3.03. The summed E-state index contributed by atoms with van der Waals surface area (Å²) in [6.07, 6.45) is 1.66. The van der Waals surface area contributed by atoms with Crippen molar-refractivity contribution in [3.05, 3.63) is 59.8 Å². The molecule has 0 fully saturated rings. The molecule has 10 heteroatoms. The van der Waals surface area contributed by atoms with E-state index in [-0.39, 0.29) is 17.4 Å². The van der Waals surface area contributed by atoms with Crippen LogP contribution in [0.1, 0.15) is 12.5 Å². The minimum atomic E-state index is -0.572.